The van der Waals surface area contributed by atoms with Crippen LogP contribution in [0.4, 0.5) is 34.1 Å². The molecule has 0 saturated carbocycles. The van der Waals surface area contributed by atoms with Crippen LogP contribution in [0.1, 0.15) is 25.0 Å². The van der Waals surface area contributed by atoms with E-state index in [9.17, 15) is 0 Å². The predicted octanol–water partition coefficient (Wildman–Crippen LogP) is 15.4. The van der Waals surface area contributed by atoms with E-state index < -0.39 is 0 Å². The highest BCUT2D eigenvalue weighted by Gasteiger charge is 2.38. The van der Waals surface area contributed by atoms with Gasteiger partial charge in [-0.05, 0) is 98.9 Å². The number of nitrogens with zero attached hydrogens (tertiary/aromatic N) is 2. The number of hydrogen-bond acceptors (Lipinski definition) is 2. The van der Waals surface area contributed by atoms with Crippen molar-refractivity contribution in [2.75, 3.05) is 9.80 Å². The lowest BCUT2D eigenvalue weighted by atomic mass is 9.73. The number of para-hydroxylation sites is 3. The standard InChI is InChI=1S/C55H42N2/c1-55(2)50-30-14-15-31-52(50)57(54-48-29-13-12-20-40(48)32-34-49(54)39-18-6-3-7-19-39)53-38-44(33-35-51(53)55)42-22-16-21-41(36-42)43-23-17-28-47(37-43)56(45-24-8-4-9-25-45)46-26-10-5-11-27-46/h3-38H,1-2H3. The molecule has 0 amide bonds. The van der Waals surface area contributed by atoms with Gasteiger partial charge in [-0.25, -0.2) is 0 Å². The molecule has 57 heavy (non-hydrogen) atoms. The van der Waals surface area contributed by atoms with E-state index in [0.29, 0.717) is 0 Å². The summed E-state index contributed by atoms with van der Waals surface area (Å²) in [7, 11) is 0. The molecule has 0 aliphatic carbocycles. The fourth-order valence-electron chi connectivity index (χ4n) is 8.79. The Hall–Kier alpha value is -7.16. The third-order valence-corrected chi connectivity index (χ3v) is 11.6. The summed E-state index contributed by atoms with van der Waals surface area (Å²) < 4.78 is 0. The Balaban J connectivity index is 1.13. The minimum atomic E-state index is -0.204. The summed E-state index contributed by atoms with van der Waals surface area (Å²) >= 11 is 0. The molecule has 0 bridgehead atoms. The zero-order chi connectivity index (χ0) is 38.3. The Bertz CT molecular complexity index is 2840. The van der Waals surface area contributed by atoms with Crippen LogP contribution in [-0.2, 0) is 5.41 Å². The first kappa shape index (κ1) is 34.3. The first-order valence-electron chi connectivity index (χ1n) is 19.8. The summed E-state index contributed by atoms with van der Waals surface area (Å²) in [6, 6.07) is 79.3. The van der Waals surface area contributed by atoms with Crippen molar-refractivity contribution in [1.29, 1.82) is 0 Å². The molecule has 2 heteroatoms. The van der Waals surface area contributed by atoms with Gasteiger partial charge in [0.1, 0.15) is 0 Å². The monoisotopic (exact) mass is 730 g/mol. The maximum absolute atomic E-state index is 2.54. The van der Waals surface area contributed by atoms with Crippen LogP contribution >= 0.6 is 0 Å². The van der Waals surface area contributed by atoms with E-state index >= 15 is 0 Å². The second-order valence-electron chi connectivity index (χ2n) is 15.4. The molecular weight excluding hydrogens is 689 g/mol. The molecule has 1 aliphatic rings. The number of benzene rings is 9. The number of anilines is 6. The summed E-state index contributed by atoms with van der Waals surface area (Å²) in [5.74, 6) is 0. The van der Waals surface area contributed by atoms with Crippen molar-refractivity contribution in [3.05, 3.63) is 230 Å². The Morgan fingerprint density at radius 1 is 0.368 bits per heavy atom. The third kappa shape index (κ3) is 6.07. The molecule has 10 rings (SSSR count). The van der Waals surface area contributed by atoms with Crippen molar-refractivity contribution in [3.8, 4) is 33.4 Å². The van der Waals surface area contributed by atoms with Crippen LogP contribution < -0.4 is 9.80 Å². The minimum Gasteiger partial charge on any atom is -0.310 e. The quantitative estimate of drug-likeness (QED) is 0.161. The average molecular weight is 731 g/mol. The van der Waals surface area contributed by atoms with E-state index in [1.807, 2.05) is 0 Å². The van der Waals surface area contributed by atoms with Crippen LogP contribution in [0.15, 0.2) is 218 Å². The fourth-order valence-corrected chi connectivity index (χ4v) is 8.79. The number of fused-ring (bicyclic) bond motifs is 3. The molecule has 0 atom stereocenters. The SMILES string of the molecule is CC1(C)c2ccccc2N(c2c(-c3ccccc3)ccc3ccccc23)c2cc(-c3cccc(-c4cccc(N(c5ccccc5)c5ccccc5)c4)c3)ccc21. The van der Waals surface area contributed by atoms with Crippen molar-refractivity contribution in [3.63, 3.8) is 0 Å². The fraction of sp³-hybridized carbons (Fsp3) is 0.0545. The lowest BCUT2D eigenvalue weighted by molar-refractivity contribution is 0.632. The van der Waals surface area contributed by atoms with Gasteiger partial charge in [-0.2, -0.15) is 0 Å². The Labute approximate surface area is 335 Å². The largest absolute Gasteiger partial charge is 0.310 e. The second kappa shape index (κ2) is 14.2. The molecule has 1 aliphatic heterocycles. The zero-order valence-corrected chi connectivity index (χ0v) is 32.2. The molecule has 1 heterocycles. The van der Waals surface area contributed by atoms with E-state index in [1.54, 1.807) is 0 Å². The van der Waals surface area contributed by atoms with Crippen molar-refractivity contribution in [1.82, 2.24) is 0 Å². The van der Waals surface area contributed by atoms with Crippen molar-refractivity contribution >= 4 is 44.9 Å². The highest BCUT2D eigenvalue weighted by molar-refractivity contribution is 6.07. The maximum atomic E-state index is 2.54. The summed E-state index contributed by atoms with van der Waals surface area (Å²) in [5, 5.41) is 2.45. The zero-order valence-electron chi connectivity index (χ0n) is 32.2. The lowest BCUT2D eigenvalue weighted by Gasteiger charge is -2.43. The third-order valence-electron chi connectivity index (χ3n) is 11.6. The van der Waals surface area contributed by atoms with E-state index in [0.717, 1.165) is 17.1 Å². The van der Waals surface area contributed by atoms with Gasteiger partial charge < -0.3 is 9.80 Å². The lowest BCUT2D eigenvalue weighted by Crippen LogP contribution is -2.31. The van der Waals surface area contributed by atoms with Crippen LogP contribution in [0.3, 0.4) is 0 Å². The average Bonchev–Trinajstić information content (AvgIpc) is 3.28. The Kier molecular flexibility index (Phi) is 8.53. The molecule has 0 radical (unpaired) electrons. The first-order valence-corrected chi connectivity index (χ1v) is 19.8. The van der Waals surface area contributed by atoms with Gasteiger partial charge in [0.25, 0.3) is 0 Å². The van der Waals surface area contributed by atoms with Crippen molar-refractivity contribution < 1.29 is 0 Å². The van der Waals surface area contributed by atoms with Gasteiger partial charge in [0.15, 0.2) is 0 Å². The molecule has 9 aromatic carbocycles. The van der Waals surface area contributed by atoms with Crippen LogP contribution in [-0.4, -0.2) is 0 Å². The minimum absolute atomic E-state index is 0.204. The van der Waals surface area contributed by atoms with Gasteiger partial charge >= 0.3 is 0 Å². The number of rotatable bonds is 7. The predicted molar refractivity (Wildman–Crippen MR) is 242 cm³/mol. The molecule has 0 fully saturated rings. The van der Waals surface area contributed by atoms with Gasteiger partial charge in [-0.1, -0.05) is 178 Å². The molecule has 0 unspecified atom stereocenters. The molecule has 0 saturated heterocycles. The van der Waals surface area contributed by atoms with E-state index in [-0.39, 0.29) is 5.41 Å². The van der Waals surface area contributed by atoms with E-state index in [2.05, 4.69) is 242 Å². The smallest absolute Gasteiger partial charge is 0.0618 e. The normalized spacial score (nSPS) is 12.8. The summed E-state index contributed by atoms with van der Waals surface area (Å²) in [5.41, 5.74) is 16.5. The topological polar surface area (TPSA) is 6.48 Å². The number of hydrogen-bond donors (Lipinski definition) is 0. The van der Waals surface area contributed by atoms with Crippen LogP contribution in [0, 0.1) is 0 Å². The van der Waals surface area contributed by atoms with Gasteiger partial charge in [0, 0.05) is 33.4 Å². The molecule has 0 N–H and O–H groups in total. The van der Waals surface area contributed by atoms with Gasteiger partial charge in [0.2, 0.25) is 0 Å². The summed E-state index contributed by atoms with van der Waals surface area (Å²) in [6.45, 7) is 4.73. The van der Waals surface area contributed by atoms with Crippen molar-refractivity contribution in [2.24, 2.45) is 0 Å². The molecule has 0 spiro atoms. The van der Waals surface area contributed by atoms with E-state index in [1.165, 1.54) is 72.3 Å². The molecule has 272 valence electrons. The maximum Gasteiger partial charge on any atom is 0.0618 e. The van der Waals surface area contributed by atoms with Gasteiger partial charge in [0.05, 0.1) is 17.1 Å². The Morgan fingerprint density at radius 2 is 0.895 bits per heavy atom. The highest BCUT2D eigenvalue weighted by atomic mass is 15.2. The van der Waals surface area contributed by atoms with Crippen LogP contribution in [0.25, 0.3) is 44.2 Å². The highest BCUT2D eigenvalue weighted by Crippen LogP contribution is 2.55. The summed E-state index contributed by atoms with van der Waals surface area (Å²) in [4.78, 5) is 4.86. The van der Waals surface area contributed by atoms with Crippen LogP contribution in [0.2, 0.25) is 0 Å². The Morgan fingerprint density at radius 3 is 1.61 bits per heavy atom. The molecular formula is C55H42N2. The first-order chi connectivity index (χ1) is 28.0. The van der Waals surface area contributed by atoms with E-state index in [4.69, 9.17) is 0 Å². The summed E-state index contributed by atoms with van der Waals surface area (Å²) in [6.07, 6.45) is 0. The molecule has 0 aromatic heterocycles. The van der Waals surface area contributed by atoms with Crippen molar-refractivity contribution in [2.45, 2.75) is 19.3 Å². The molecule has 2 nitrogen and oxygen atoms in total. The second-order valence-corrected chi connectivity index (χ2v) is 15.4. The van der Waals surface area contributed by atoms with Gasteiger partial charge in [-0.15, -0.1) is 0 Å². The van der Waals surface area contributed by atoms with Gasteiger partial charge in [-0.3, -0.25) is 0 Å². The molecule has 9 aromatic rings. The van der Waals surface area contributed by atoms with Crippen LogP contribution in [0.5, 0.6) is 0 Å².